The van der Waals surface area contributed by atoms with Crippen molar-refractivity contribution in [3.05, 3.63) is 23.8 Å². The summed E-state index contributed by atoms with van der Waals surface area (Å²) in [6.45, 7) is 0. The van der Waals surface area contributed by atoms with Crippen LogP contribution in [0.1, 0.15) is 18.0 Å². The van der Waals surface area contributed by atoms with E-state index in [0.717, 1.165) is 22.8 Å². The van der Waals surface area contributed by atoms with Crippen molar-refractivity contribution in [1.82, 2.24) is 0 Å². The Morgan fingerprint density at radius 2 is 1.88 bits per heavy atom. The molecule has 0 spiro atoms. The zero-order chi connectivity index (χ0) is 12.3. The average molecular weight is 253 g/mol. The minimum absolute atomic E-state index is 0.0778. The Bertz CT molecular complexity index is 355. The van der Waals surface area contributed by atoms with Crippen LogP contribution in [0, 0.1) is 5.92 Å². The van der Waals surface area contributed by atoms with Gasteiger partial charge in [0.2, 0.25) is 0 Å². The SMILES string of the molecule is COc1cc(OC)cc(C(N)C2CCSC2)c1. The highest BCUT2D eigenvalue weighted by Gasteiger charge is 2.24. The molecule has 1 aromatic carbocycles. The van der Waals surface area contributed by atoms with Crippen molar-refractivity contribution in [2.45, 2.75) is 12.5 Å². The molecule has 1 fully saturated rings. The molecule has 0 radical (unpaired) electrons. The summed E-state index contributed by atoms with van der Waals surface area (Å²) >= 11 is 1.98. The highest BCUT2D eigenvalue weighted by Crippen LogP contribution is 2.35. The number of hydrogen-bond donors (Lipinski definition) is 1. The first-order valence-electron chi connectivity index (χ1n) is 5.81. The summed E-state index contributed by atoms with van der Waals surface area (Å²) in [6, 6.07) is 5.97. The summed E-state index contributed by atoms with van der Waals surface area (Å²) in [4.78, 5) is 0. The molecule has 0 saturated carbocycles. The number of ether oxygens (including phenoxy) is 2. The second-order valence-corrected chi connectivity index (χ2v) is 5.45. The lowest BCUT2D eigenvalue weighted by Crippen LogP contribution is -2.21. The third kappa shape index (κ3) is 2.87. The third-order valence-electron chi connectivity index (χ3n) is 3.23. The molecule has 0 aliphatic carbocycles. The van der Waals surface area contributed by atoms with E-state index in [9.17, 15) is 0 Å². The van der Waals surface area contributed by atoms with E-state index >= 15 is 0 Å². The Hall–Kier alpha value is -0.870. The van der Waals surface area contributed by atoms with Crippen LogP contribution in [0.5, 0.6) is 11.5 Å². The maximum absolute atomic E-state index is 6.32. The fraction of sp³-hybridized carbons (Fsp3) is 0.538. The predicted molar refractivity (Wildman–Crippen MR) is 71.9 cm³/mol. The van der Waals surface area contributed by atoms with Crippen molar-refractivity contribution in [2.24, 2.45) is 11.7 Å². The van der Waals surface area contributed by atoms with E-state index in [1.807, 2.05) is 30.0 Å². The number of nitrogens with two attached hydrogens (primary N) is 1. The van der Waals surface area contributed by atoms with Crippen LogP contribution in [0.2, 0.25) is 0 Å². The normalized spacial score (nSPS) is 21.2. The third-order valence-corrected chi connectivity index (χ3v) is 4.42. The minimum Gasteiger partial charge on any atom is -0.497 e. The summed E-state index contributed by atoms with van der Waals surface area (Å²) in [5, 5.41) is 0. The van der Waals surface area contributed by atoms with Crippen molar-refractivity contribution in [2.75, 3.05) is 25.7 Å². The van der Waals surface area contributed by atoms with Crippen molar-refractivity contribution >= 4 is 11.8 Å². The molecule has 1 aliphatic rings. The molecule has 2 N–H and O–H groups in total. The maximum atomic E-state index is 6.32. The Morgan fingerprint density at radius 3 is 2.35 bits per heavy atom. The predicted octanol–water partition coefficient (Wildman–Crippen LogP) is 2.46. The number of rotatable bonds is 4. The van der Waals surface area contributed by atoms with Crippen LogP contribution in [0.4, 0.5) is 0 Å². The lowest BCUT2D eigenvalue weighted by atomic mass is 9.93. The van der Waals surface area contributed by atoms with Crippen LogP contribution in [0.25, 0.3) is 0 Å². The van der Waals surface area contributed by atoms with Crippen LogP contribution >= 0.6 is 11.8 Å². The largest absolute Gasteiger partial charge is 0.497 e. The van der Waals surface area contributed by atoms with Gasteiger partial charge in [-0.3, -0.25) is 0 Å². The monoisotopic (exact) mass is 253 g/mol. The highest BCUT2D eigenvalue weighted by molar-refractivity contribution is 7.99. The molecule has 0 bridgehead atoms. The van der Waals surface area contributed by atoms with Crippen LogP contribution in [0.15, 0.2) is 18.2 Å². The molecule has 17 heavy (non-hydrogen) atoms. The minimum atomic E-state index is 0.0778. The lowest BCUT2D eigenvalue weighted by Gasteiger charge is -2.20. The smallest absolute Gasteiger partial charge is 0.122 e. The molecule has 2 rings (SSSR count). The van der Waals surface area contributed by atoms with Crippen molar-refractivity contribution in [3.63, 3.8) is 0 Å². The Kier molecular flexibility index (Phi) is 4.18. The van der Waals surface area contributed by atoms with Crippen LogP contribution in [-0.2, 0) is 0 Å². The van der Waals surface area contributed by atoms with Gasteiger partial charge in [-0.1, -0.05) is 0 Å². The molecule has 94 valence electrons. The zero-order valence-electron chi connectivity index (χ0n) is 10.3. The summed E-state index contributed by atoms with van der Waals surface area (Å²) < 4.78 is 10.5. The van der Waals surface area contributed by atoms with E-state index in [-0.39, 0.29) is 6.04 Å². The van der Waals surface area contributed by atoms with E-state index in [0.29, 0.717) is 5.92 Å². The Balaban J connectivity index is 2.23. The summed E-state index contributed by atoms with van der Waals surface area (Å²) in [5.74, 6) is 4.55. The van der Waals surface area contributed by atoms with Gasteiger partial charge in [0.25, 0.3) is 0 Å². The van der Waals surface area contributed by atoms with E-state index in [1.165, 1.54) is 12.2 Å². The maximum Gasteiger partial charge on any atom is 0.122 e. The first kappa shape index (κ1) is 12.6. The number of benzene rings is 1. The summed E-state index contributed by atoms with van der Waals surface area (Å²) in [6.07, 6.45) is 1.20. The molecule has 0 aromatic heterocycles. The number of methoxy groups -OCH3 is 2. The molecule has 0 amide bonds. The van der Waals surface area contributed by atoms with Gasteiger partial charge < -0.3 is 15.2 Å². The van der Waals surface area contributed by atoms with Gasteiger partial charge in [0.1, 0.15) is 11.5 Å². The zero-order valence-corrected chi connectivity index (χ0v) is 11.1. The van der Waals surface area contributed by atoms with Gasteiger partial charge in [-0.25, -0.2) is 0 Å². The van der Waals surface area contributed by atoms with Gasteiger partial charge in [0.05, 0.1) is 14.2 Å². The number of thioether (sulfide) groups is 1. The quantitative estimate of drug-likeness (QED) is 0.895. The molecule has 3 nitrogen and oxygen atoms in total. The summed E-state index contributed by atoms with van der Waals surface area (Å²) in [5.41, 5.74) is 7.43. The highest BCUT2D eigenvalue weighted by atomic mass is 32.2. The molecule has 2 unspecified atom stereocenters. The van der Waals surface area contributed by atoms with Crippen molar-refractivity contribution in [1.29, 1.82) is 0 Å². The topological polar surface area (TPSA) is 44.5 Å². The fourth-order valence-electron chi connectivity index (χ4n) is 2.13. The molecule has 1 heterocycles. The Labute approximate surface area is 107 Å². The lowest BCUT2D eigenvalue weighted by molar-refractivity contribution is 0.390. The molecule has 1 saturated heterocycles. The first-order valence-corrected chi connectivity index (χ1v) is 6.96. The van der Waals surface area contributed by atoms with E-state index < -0.39 is 0 Å². The van der Waals surface area contributed by atoms with Crippen LogP contribution < -0.4 is 15.2 Å². The van der Waals surface area contributed by atoms with Gasteiger partial charge in [0, 0.05) is 12.1 Å². The first-order chi connectivity index (χ1) is 8.24. The molecular weight excluding hydrogens is 234 g/mol. The van der Waals surface area contributed by atoms with Crippen molar-refractivity contribution < 1.29 is 9.47 Å². The second-order valence-electron chi connectivity index (χ2n) is 4.30. The van der Waals surface area contributed by atoms with Crippen LogP contribution in [0.3, 0.4) is 0 Å². The van der Waals surface area contributed by atoms with E-state index in [4.69, 9.17) is 15.2 Å². The Morgan fingerprint density at radius 1 is 1.24 bits per heavy atom. The van der Waals surface area contributed by atoms with Crippen molar-refractivity contribution in [3.8, 4) is 11.5 Å². The van der Waals surface area contributed by atoms with Gasteiger partial charge in [-0.15, -0.1) is 0 Å². The van der Waals surface area contributed by atoms with Gasteiger partial charge >= 0.3 is 0 Å². The number of hydrogen-bond acceptors (Lipinski definition) is 4. The molecule has 1 aromatic rings. The van der Waals surface area contributed by atoms with E-state index in [2.05, 4.69) is 0 Å². The second kappa shape index (κ2) is 5.65. The average Bonchev–Trinajstić information content (AvgIpc) is 2.91. The van der Waals surface area contributed by atoms with Gasteiger partial charge in [0.15, 0.2) is 0 Å². The summed E-state index contributed by atoms with van der Waals surface area (Å²) in [7, 11) is 3.32. The fourth-order valence-corrected chi connectivity index (χ4v) is 3.44. The van der Waals surface area contributed by atoms with E-state index in [1.54, 1.807) is 14.2 Å². The standard InChI is InChI=1S/C13H19NO2S/c1-15-11-5-10(6-12(7-11)16-2)13(14)9-3-4-17-8-9/h5-7,9,13H,3-4,8,14H2,1-2H3. The van der Waals surface area contributed by atoms with Crippen LogP contribution in [-0.4, -0.2) is 25.7 Å². The molecule has 1 aliphatic heterocycles. The molecule has 4 heteroatoms. The molecule has 2 atom stereocenters. The van der Waals surface area contributed by atoms with Gasteiger partial charge in [-0.05, 0) is 41.5 Å². The van der Waals surface area contributed by atoms with Gasteiger partial charge in [-0.2, -0.15) is 11.8 Å². The molecular formula is C13H19NO2S.